The number of nitrogens with two attached hydrogens (primary N) is 2. The van der Waals surface area contributed by atoms with E-state index in [0.29, 0.717) is 26.3 Å². The van der Waals surface area contributed by atoms with Gasteiger partial charge in [-0.1, -0.05) is 0 Å². The van der Waals surface area contributed by atoms with E-state index in [1.54, 1.807) is 0 Å². The average molecular weight is 299 g/mol. The molecule has 0 spiro atoms. The van der Waals surface area contributed by atoms with Gasteiger partial charge in [-0.05, 0) is 24.3 Å². The van der Waals surface area contributed by atoms with Crippen LogP contribution in [-0.2, 0) is 0 Å². The third-order valence-corrected chi connectivity index (χ3v) is 1.85. The van der Waals surface area contributed by atoms with E-state index in [2.05, 4.69) is 10.9 Å². The summed E-state index contributed by atoms with van der Waals surface area (Å²) in [6.45, 7) is 2.29. The normalized spacial score (nSPS) is 9.00. The Morgan fingerprint density at radius 3 is 1.39 bits per heavy atom. The van der Waals surface area contributed by atoms with Crippen LogP contribution in [0.5, 0.6) is 11.5 Å². The molecule has 0 amide bonds. The van der Waals surface area contributed by atoms with E-state index in [1.807, 2.05) is 24.3 Å². The fourth-order valence-corrected chi connectivity index (χ4v) is 1.09. The van der Waals surface area contributed by atoms with E-state index in [-0.39, 0.29) is 24.8 Å². The predicted molar refractivity (Wildman–Crippen MR) is 76.3 cm³/mol. The zero-order valence-electron chi connectivity index (χ0n) is 9.93. The van der Waals surface area contributed by atoms with Crippen LogP contribution in [0.25, 0.3) is 0 Å². The number of halogens is 2. The first kappa shape index (κ1) is 19.6. The molecule has 0 heterocycles. The summed E-state index contributed by atoms with van der Waals surface area (Å²) in [6.07, 6.45) is 0. The SMILES string of the molecule is Cl.Cl.NNCCOc1ccc(OCCNN)cc1. The molecular formula is C10H20Cl2N4O2. The zero-order chi connectivity index (χ0) is 11.6. The number of rotatable bonds is 8. The van der Waals surface area contributed by atoms with Gasteiger partial charge >= 0.3 is 0 Å². The van der Waals surface area contributed by atoms with Crippen LogP contribution in [-0.4, -0.2) is 26.3 Å². The second-order valence-electron chi connectivity index (χ2n) is 3.08. The molecule has 0 saturated carbocycles. The summed E-state index contributed by atoms with van der Waals surface area (Å²) in [6, 6.07) is 7.40. The molecule has 0 radical (unpaired) electrons. The van der Waals surface area contributed by atoms with Crippen molar-refractivity contribution in [3.8, 4) is 11.5 Å². The van der Waals surface area contributed by atoms with Gasteiger partial charge in [-0.2, -0.15) is 0 Å². The zero-order valence-corrected chi connectivity index (χ0v) is 11.6. The van der Waals surface area contributed by atoms with Gasteiger partial charge in [0.15, 0.2) is 0 Å². The van der Waals surface area contributed by atoms with Gasteiger partial charge in [0.1, 0.15) is 24.7 Å². The summed E-state index contributed by atoms with van der Waals surface area (Å²) < 4.78 is 10.8. The standard InChI is InChI=1S/C10H18N4O2.2ClH/c11-13-5-7-15-9-1-2-10(4-3-9)16-8-6-14-12;;/h1-4,13-14H,5-8,11-12H2;2*1H. The Labute approximate surface area is 119 Å². The van der Waals surface area contributed by atoms with Crippen molar-refractivity contribution in [2.45, 2.75) is 0 Å². The number of hydrogen-bond donors (Lipinski definition) is 4. The van der Waals surface area contributed by atoms with Crippen LogP contribution in [0.3, 0.4) is 0 Å². The van der Waals surface area contributed by atoms with Crippen molar-refractivity contribution in [3.05, 3.63) is 24.3 Å². The Balaban J connectivity index is 0. The fraction of sp³-hybridized carbons (Fsp3) is 0.400. The van der Waals surface area contributed by atoms with E-state index < -0.39 is 0 Å². The molecule has 0 aromatic heterocycles. The van der Waals surface area contributed by atoms with Crippen LogP contribution in [0.4, 0.5) is 0 Å². The second-order valence-corrected chi connectivity index (χ2v) is 3.08. The van der Waals surface area contributed by atoms with Gasteiger partial charge in [-0.3, -0.25) is 22.5 Å². The molecule has 18 heavy (non-hydrogen) atoms. The monoisotopic (exact) mass is 298 g/mol. The first-order chi connectivity index (χ1) is 7.86. The Kier molecular flexibility index (Phi) is 13.8. The molecule has 8 heteroatoms. The van der Waals surface area contributed by atoms with Crippen molar-refractivity contribution in [2.75, 3.05) is 26.3 Å². The molecule has 0 unspecified atom stereocenters. The molecule has 0 atom stereocenters. The Bertz CT molecular complexity index is 259. The van der Waals surface area contributed by atoms with Crippen LogP contribution in [0.15, 0.2) is 24.3 Å². The minimum atomic E-state index is 0. The molecule has 0 aliphatic carbocycles. The highest BCUT2D eigenvalue weighted by molar-refractivity contribution is 5.85. The van der Waals surface area contributed by atoms with Crippen LogP contribution in [0.1, 0.15) is 0 Å². The minimum absolute atomic E-state index is 0. The maximum absolute atomic E-state index is 5.40. The Morgan fingerprint density at radius 2 is 1.11 bits per heavy atom. The summed E-state index contributed by atoms with van der Waals surface area (Å²) in [5.41, 5.74) is 5.03. The highest BCUT2D eigenvalue weighted by Crippen LogP contribution is 2.17. The van der Waals surface area contributed by atoms with E-state index in [4.69, 9.17) is 21.2 Å². The van der Waals surface area contributed by atoms with Crippen molar-refractivity contribution >= 4 is 24.8 Å². The van der Waals surface area contributed by atoms with Crippen LogP contribution >= 0.6 is 24.8 Å². The highest BCUT2D eigenvalue weighted by Gasteiger charge is 1.95. The third kappa shape index (κ3) is 8.35. The molecule has 0 aliphatic heterocycles. The van der Waals surface area contributed by atoms with Gasteiger partial charge < -0.3 is 9.47 Å². The lowest BCUT2D eigenvalue weighted by Crippen LogP contribution is -2.27. The Morgan fingerprint density at radius 1 is 0.778 bits per heavy atom. The largest absolute Gasteiger partial charge is 0.492 e. The van der Waals surface area contributed by atoms with Crippen molar-refractivity contribution in [1.82, 2.24) is 10.9 Å². The van der Waals surface area contributed by atoms with Gasteiger partial charge in [-0.25, -0.2) is 0 Å². The van der Waals surface area contributed by atoms with Gasteiger partial charge in [0, 0.05) is 13.1 Å². The molecule has 0 bridgehead atoms. The van der Waals surface area contributed by atoms with Crippen LogP contribution < -0.4 is 32.0 Å². The number of benzene rings is 1. The predicted octanol–water partition coefficient (Wildman–Crippen LogP) is 0.214. The van der Waals surface area contributed by atoms with E-state index >= 15 is 0 Å². The maximum atomic E-state index is 5.40. The van der Waals surface area contributed by atoms with Crippen LogP contribution in [0, 0.1) is 0 Å². The fourth-order valence-electron chi connectivity index (χ4n) is 1.09. The minimum Gasteiger partial charge on any atom is -0.492 e. The number of hydrazine groups is 2. The summed E-state index contributed by atoms with van der Waals surface area (Å²) in [4.78, 5) is 0. The summed E-state index contributed by atoms with van der Waals surface area (Å²) >= 11 is 0. The molecule has 0 fully saturated rings. The van der Waals surface area contributed by atoms with Crippen LogP contribution in [0.2, 0.25) is 0 Å². The van der Waals surface area contributed by atoms with Gasteiger partial charge in [0.2, 0.25) is 0 Å². The van der Waals surface area contributed by atoms with Crippen molar-refractivity contribution in [3.63, 3.8) is 0 Å². The Hall–Kier alpha value is -0.760. The van der Waals surface area contributed by atoms with E-state index in [9.17, 15) is 0 Å². The summed E-state index contributed by atoms with van der Waals surface area (Å²) in [5, 5.41) is 0. The molecule has 106 valence electrons. The first-order valence-corrected chi connectivity index (χ1v) is 5.09. The lowest BCUT2D eigenvalue weighted by atomic mass is 10.3. The molecule has 1 aromatic rings. The smallest absolute Gasteiger partial charge is 0.119 e. The molecule has 1 aromatic carbocycles. The van der Waals surface area contributed by atoms with Gasteiger partial charge in [-0.15, -0.1) is 24.8 Å². The first-order valence-electron chi connectivity index (χ1n) is 5.09. The highest BCUT2D eigenvalue weighted by atomic mass is 35.5. The topological polar surface area (TPSA) is 94.6 Å². The molecule has 1 rings (SSSR count). The van der Waals surface area contributed by atoms with Gasteiger partial charge in [0.05, 0.1) is 0 Å². The quantitative estimate of drug-likeness (QED) is 0.311. The maximum Gasteiger partial charge on any atom is 0.119 e. The molecular weight excluding hydrogens is 279 g/mol. The van der Waals surface area contributed by atoms with Crippen molar-refractivity contribution in [2.24, 2.45) is 11.7 Å². The van der Waals surface area contributed by atoms with Gasteiger partial charge in [0.25, 0.3) is 0 Å². The third-order valence-electron chi connectivity index (χ3n) is 1.85. The van der Waals surface area contributed by atoms with E-state index in [1.165, 1.54) is 0 Å². The number of nitrogens with one attached hydrogen (secondary N) is 2. The molecule has 0 aliphatic rings. The summed E-state index contributed by atoms with van der Waals surface area (Å²) in [7, 11) is 0. The molecule has 6 N–H and O–H groups in total. The number of ether oxygens (including phenoxy) is 2. The number of hydrogen-bond acceptors (Lipinski definition) is 6. The van der Waals surface area contributed by atoms with E-state index in [0.717, 1.165) is 11.5 Å². The summed E-state index contributed by atoms with van der Waals surface area (Å²) in [5.74, 6) is 11.8. The second kappa shape index (κ2) is 12.7. The molecule has 0 saturated heterocycles. The molecule has 6 nitrogen and oxygen atoms in total. The average Bonchev–Trinajstić information content (AvgIpc) is 2.32. The lowest BCUT2D eigenvalue weighted by Gasteiger charge is -2.08. The van der Waals surface area contributed by atoms with Crippen molar-refractivity contribution < 1.29 is 9.47 Å². The lowest BCUT2D eigenvalue weighted by molar-refractivity contribution is 0.306. The van der Waals surface area contributed by atoms with Crippen molar-refractivity contribution in [1.29, 1.82) is 0 Å².